The molecular weight excluding hydrogens is 380 g/mol. The average molecular weight is 392 g/mol. The van der Waals surface area contributed by atoms with E-state index in [2.05, 4.69) is 5.32 Å². The number of benzene rings is 2. The number of nitro groups is 3. The summed E-state index contributed by atoms with van der Waals surface area (Å²) in [6.45, 7) is -0.690. The Morgan fingerprint density at radius 2 is 1.50 bits per heavy atom. The summed E-state index contributed by atoms with van der Waals surface area (Å²) in [7, 11) is 1.30. The van der Waals surface area contributed by atoms with Crippen LogP contribution in [0.4, 0.5) is 22.7 Å². The van der Waals surface area contributed by atoms with Crippen LogP contribution >= 0.6 is 0 Å². The number of methoxy groups -OCH3 is 1. The van der Waals surface area contributed by atoms with Gasteiger partial charge in [0.2, 0.25) is 0 Å². The lowest BCUT2D eigenvalue weighted by atomic mass is 10.2. The van der Waals surface area contributed by atoms with Crippen molar-refractivity contribution in [2.75, 3.05) is 19.0 Å². The van der Waals surface area contributed by atoms with Crippen molar-refractivity contribution in [2.45, 2.75) is 0 Å². The largest absolute Gasteiger partial charge is 0.495 e. The Kier molecular flexibility index (Phi) is 6.00. The van der Waals surface area contributed by atoms with Gasteiger partial charge in [0.1, 0.15) is 5.75 Å². The Balaban J connectivity index is 2.15. The van der Waals surface area contributed by atoms with Gasteiger partial charge in [-0.15, -0.1) is 0 Å². The molecule has 1 amide bonds. The van der Waals surface area contributed by atoms with E-state index < -0.39 is 38.7 Å². The molecule has 2 rings (SSSR count). The second-order valence-electron chi connectivity index (χ2n) is 5.14. The molecule has 0 saturated carbocycles. The molecule has 0 spiro atoms. The minimum absolute atomic E-state index is 0.00324. The van der Waals surface area contributed by atoms with Crippen molar-refractivity contribution >= 4 is 28.7 Å². The van der Waals surface area contributed by atoms with Gasteiger partial charge >= 0.3 is 5.69 Å². The molecule has 13 heteroatoms. The molecule has 0 aliphatic heterocycles. The van der Waals surface area contributed by atoms with E-state index >= 15 is 0 Å². The van der Waals surface area contributed by atoms with Crippen LogP contribution < -0.4 is 14.8 Å². The summed E-state index contributed by atoms with van der Waals surface area (Å²) < 4.78 is 10.1. The van der Waals surface area contributed by atoms with Gasteiger partial charge in [0.15, 0.2) is 12.4 Å². The number of carbonyl (C=O) groups is 1. The lowest BCUT2D eigenvalue weighted by Gasteiger charge is -2.11. The lowest BCUT2D eigenvalue weighted by Crippen LogP contribution is -2.21. The van der Waals surface area contributed by atoms with Gasteiger partial charge in [-0.2, -0.15) is 0 Å². The van der Waals surface area contributed by atoms with Crippen LogP contribution in [0.2, 0.25) is 0 Å². The summed E-state index contributed by atoms with van der Waals surface area (Å²) in [6, 6.07) is 6.24. The molecule has 0 radical (unpaired) electrons. The van der Waals surface area contributed by atoms with Gasteiger partial charge in [-0.3, -0.25) is 35.1 Å². The smallest absolute Gasteiger partial charge is 0.317 e. The molecular formula is C15H12N4O9. The van der Waals surface area contributed by atoms with E-state index in [4.69, 9.17) is 9.47 Å². The number of anilines is 1. The topological polar surface area (TPSA) is 177 Å². The first-order chi connectivity index (χ1) is 13.2. The minimum Gasteiger partial charge on any atom is -0.495 e. The van der Waals surface area contributed by atoms with Crippen molar-refractivity contribution in [3.05, 3.63) is 66.7 Å². The van der Waals surface area contributed by atoms with Gasteiger partial charge < -0.3 is 14.8 Å². The average Bonchev–Trinajstić information content (AvgIpc) is 2.65. The third kappa shape index (κ3) is 4.66. The van der Waals surface area contributed by atoms with Gasteiger partial charge in [-0.25, -0.2) is 0 Å². The van der Waals surface area contributed by atoms with E-state index in [1.807, 2.05) is 0 Å². The predicted octanol–water partition coefficient (Wildman–Crippen LogP) is 2.44. The number of carbonyl (C=O) groups excluding carboxylic acids is 1. The van der Waals surface area contributed by atoms with Crippen LogP contribution in [0.3, 0.4) is 0 Å². The Morgan fingerprint density at radius 1 is 0.929 bits per heavy atom. The number of hydrogen-bond acceptors (Lipinski definition) is 9. The Labute approximate surface area is 155 Å². The lowest BCUT2D eigenvalue weighted by molar-refractivity contribution is -0.394. The Hall–Kier alpha value is -4.29. The van der Waals surface area contributed by atoms with Crippen molar-refractivity contribution in [1.29, 1.82) is 0 Å². The first-order valence-corrected chi connectivity index (χ1v) is 7.41. The molecule has 28 heavy (non-hydrogen) atoms. The molecule has 0 atom stereocenters. The SMILES string of the molecule is COc1ccc([N+](=O)[O-])cc1NC(=O)COc1ccc([N+](=O)[O-])cc1[N+](=O)[O-]. The molecule has 146 valence electrons. The molecule has 0 heterocycles. The van der Waals surface area contributed by atoms with Crippen molar-refractivity contribution in [3.8, 4) is 11.5 Å². The zero-order chi connectivity index (χ0) is 20.8. The van der Waals surface area contributed by atoms with E-state index in [0.717, 1.165) is 18.2 Å². The third-order valence-electron chi connectivity index (χ3n) is 3.38. The van der Waals surface area contributed by atoms with E-state index in [0.29, 0.717) is 6.07 Å². The van der Waals surface area contributed by atoms with Crippen LogP contribution in [-0.2, 0) is 4.79 Å². The number of amides is 1. The highest BCUT2D eigenvalue weighted by molar-refractivity contribution is 5.93. The summed E-state index contributed by atoms with van der Waals surface area (Å²) in [5, 5.41) is 34.9. The van der Waals surface area contributed by atoms with Crippen LogP contribution in [0.1, 0.15) is 0 Å². The number of non-ortho nitro benzene ring substituents is 2. The predicted molar refractivity (Wildman–Crippen MR) is 93.5 cm³/mol. The zero-order valence-electron chi connectivity index (χ0n) is 14.2. The maximum atomic E-state index is 12.1. The second kappa shape index (κ2) is 8.39. The highest BCUT2D eigenvalue weighted by Crippen LogP contribution is 2.31. The summed E-state index contributed by atoms with van der Waals surface area (Å²) in [6.07, 6.45) is 0. The van der Waals surface area contributed by atoms with Crippen molar-refractivity contribution in [2.24, 2.45) is 0 Å². The summed E-state index contributed by atoms with van der Waals surface area (Å²) in [5.41, 5.74) is -1.48. The molecule has 0 unspecified atom stereocenters. The number of nitrogens with zero attached hydrogens (tertiary/aromatic N) is 3. The first-order valence-electron chi connectivity index (χ1n) is 7.41. The highest BCUT2D eigenvalue weighted by Gasteiger charge is 2.21. The number of nitrogens with one attached hydrogen (secondary N) is 1. The Bertz CT molecular complexity index is 961. The van der Waals surface area contributed by atoms with Crippen LogP contribution in [0.25, 0.3) is 0 Å². The fraction of sp³-hybridized carbons (Fsp3) is 0.133. The molecule has 0 aliphatic rings. The zero-order valence-corrected chi connectivity index (χ0v) is 14.2. The van der Waals surface area contributed by atoms with E-state index in [9.17, 15) is 35.1 Å². The van der Waals surface area contributed by atoms with Gasteiger partial charge in [-0.1, -0.05) is 0 Å². The number of ether oxygens (including phenoxy) is 2. The maximum absolute atomic E-state index is 12.1. The molecule has 0 aromatic heterocycles. The first kappa shape index (κ1) is 20.0. The number of hydrogen-bond donors (Lipinski definition) is 1. The van der Waals surface area contributed by atoms with Crippen molar-refractivity contribution in [3.63, 3.8) is 0 Å². The molecule has 0 fully saturated rings. The standard InChI is InChI=1S/C15H12N4O9/c1-27-13-4-2-9(17(21)22)6-11(13)16-15(20)8-28-14-5-3-10(18(23)24)7-12(14)19(25)26/h2-7H,8H2,1H3,(H,16,20). The van der Waals surface area contributed by atoms with Crippen LogP contribution in [-0.4, -0.2) is 34.4 Å². The van der Waals surface area contributed by atoms with Gasteiger partial charge in [-0.05, 0) is 12.1 Å². The van der Waals surface area contributed by atoms with Gasteiger partial charge in [0.25, 0.3) is 17.3 Å². The van der Waals surface area contributed by atoms with Crippen LogP contribution in [0.15, 0.2) is 36.4 Å². The van der Waals surface area contributed by atoms with Crippen LogP contribution in [0.5, 0.6) is 11.5 Å². The molecule has 1 N–H and O–H groups in total. The van der Waals surface area contributed by atoms with E-state index in [-0.39, 0.29) is 22.9 Å². The molecule has 2 aromatic rings. The summed E-state index contributed by atoms with van der Waals surface area (Å²) in [4.78, 5) is 42.3. The van der Waals surface area contributed by atoms with Crippen molar-refractivity contribution < 1.29 is 29.0 Å². The monoisotopic (exact) mass is 392 g/mol. The van der Waals surface area contributed by atoms with Crippen LogP contribution in [0, 0.1) is 30.3 Å². The van der Waals surface area contributed by atoms with E-state index in [1.165, 1.54) is 19.2 Å². The van der Waals surface area contributed by atoms with Gasteiger partial charge in [0, 0.05) is 18.2 Å². The minimum atomic E-state index is -0.885. The normalized spacial score (nSPS) is 10.0. The van der Waals surface area contributed by atoms with Crippen molar-refractivity contribution in [1.82, 2.24) is 0 Å². The molecule has 0 aliphatic carbocycles. The third-order valence-corrected chi connectivity index (χ3v) is 3.38. The molecule has 0 saturated heterocycles. The maximum Gasteiger partial charge on any atom is 0.317 e. The fourth-order valence-corrected chi connectivity index (χ4v) is 2.12. The van der Waals surface area contributed by atoms with E-state index in [1.54, 1.807) is 0 Å². The van der Waals surface area contributed by atoms with Gasteiger partial charge in [0.05, 0.1) is 33.6 Å². The fourth-order valence-electron chi connectivity index (χ4n) is 2.12. The highest BCUT2D eigenvalue weighted by atomic mass is 16.6. The molecule has 13 nitrogen and oxygen atoms in total. The summed E-state index contributed by atoms with van der Waals surface area (Å²) >= 11 is 0. The second-order valence-corrected chi connectivity index (χ2v) is 5.14. The number of rotatable bonds is 8. The quantitative estimate of drug-likeness (QED) is 0.522. The number of nitro benzene ring substituents is 3. The molecule has 0 bridgehead atoms. The molecule has 2 aromatic carbocycles. The Morgan fingerprint density at radius 3 is 2.04 bits per heavy atom. The summed E-state index contributed by atoms with van der Waals surface area (Å²) in [5.74, 6) is -0.983.